The van der Waals surface area contributed by atoms with Gasteiger partial charge in [0.05, 0.1) is 5.56 Å². The Morgan fingerprint density at radius 3 is 2.61 bits per heavy atom. The average Bonchev–Trinajstić information content (AvgIpc) is 2.44. The van der Waals surface area contributed by atoms with Crippen molar-refractivity contribution in [3.63, 3.8) is 0 Å². The standard InChI is InChI=1S/C16H14Cl2N2O3/c1-9-6-10(2)19-15(18)14(9)16(22)23-8-13(21)20-12-5-3-4-11(17)7-12/h3-7H,8H2,1-2H3,(H,20,21). The molecule has 0 aliphatic heterocycles. The summed E-state index contributed by atoms with van der Waals surface area (Å²) in [6.07, 6.45) is 0. The number of amides is 1. The molecule has 23 heavy (non-hydrogen) atoms. The summed E-state index contributed by atoms with van der Waals surface area (Å²) < 4.78 is 4.99. The number of pyridine rings is 1. The number of anilines is 1. The monoisotopic (exact) mass is 352 g/mol. The first-order chi connectivity index (χ1) is 10.9. The Balaban J connectivity index is 1.98. The van der Waals surface area contributed by atoms with Gasteiger partial charge < -0.3 is 10.1 Å². The molecule has 0 aliphatic rings. The van der Waals surface area contributed by atoms with Gasteiger partial charge in [0.15, 0.2) is 6.61 Å². The summed E-state index contributed by atoms with van der Waals surface area (Å²) in [5.41, 5.74) is 2.02. The minimum atomic E-state index is -0.693. The maximum atomic E-state index is 12.1. The van der Waals surface area contributed by atoms with Crippen LogP contribution in [-0.4, -0.2) is 23.5 Å². The van der Waals surface area contributed by atoms with Crippen LogP contribution in [0.1, 0.15) is 21.6 Å². The first-order valence-corrected chi connectivity index (χ1v) is 7.48. The van der Waals surface area contributed by atoms with Crippen LogP contribution in [0.2, 0.25) is 10.2 Å². The van der Waals surface area contributed by atoms with Crippen LogP contribution in [0.15, 0.2) is 30.3 Å². The number of carbonyl (C=O) groups excluding carboxylic acids is 2. The van der Waals surface area contributed by atoms with E-state index in [1.807, 2.05) is 0 Å². The summed E-state index contributed by atoms with van der Waals surface area (Å²) >= 11 is 11.8. The Kier molecular flexibility index (Phi) is 5.58. The zero-order valence-corrected chi connectivity index (χ0v) is 14.0. The predicted octanol–water partition coefficient (Wildman–Crippen LogP) is 3.80. The van der Waals surface area contributed by atoms with Crippen molar-refractivity contribution in [2.75, 3.05) is 11.9 Å². The molecule has 120 valence electrons. The number of halogens is 2. The van der Waals surface area contributed by atoms with E-state index in [4.69, 9.17) is 27.9 Å². The number of benzene rings is 1. The van der Waals surface area contributed by atoms with Crippen LogP contribution in [0.25, 0.3) is 0 Å². The molecule has 0 saturated heterocycles. The number of aryl methyl sites for hydroxylation is 2. The van der Waals surface area contributed by atoms with E-state index in [0.717, 1.165) is 0 Å². The highest BCUT2D eigenvalue weighted by Gasteiger charge is 2.18. The second kappa shape index (κ2) is 7.44. The van der Waals surface area contributed by atoms with Gasteiger partial charge in [-0.3, -0.25) is 4.79 Å². The van der Waals surface area contributed by atoms with Gasteiger partial charge in [0.1, 0.15) is 5.15 Å². The number of nitrogens with one attached hydrogen (secondary N) is 1. The number of carbonyl (C=O) groups is 2. The van der Waals surface area contributed by atoms with Crippen molar-refractivity contribution in [1.29, 1.82) is 0 Å². The Labute approximate surface area is 143 Å². The fourth-order valence-corrected chi connectivity index (χ4v) is 2.55. The Bertz CT molecular complexity index is 740. The molecule has 1 heterocycles. The molecule has 2 rings (SSSR count). The zero-order chi connectivity index (χ0) is 17.0. The third-order valence-corrected chi connectivity index (χ3v) is 3.46. The van der Waals surface area contributed by atoms with Gasteiger partial charge in [-0.2, -0.15) is 0 Å². The first kappa shape index (κ1) is 17.2. The summed E-state index contributed by atoms with van der Waals surface area (Å²) in [5, 5.41) is 3.13. The lowest BCUT2D eigenvalue weighted by Gasteiger charge is -2.10. The zero-order valence-electron chi connectivity index (χ0n) is 12.5. The van der Waals surface area contributed by atoms with Gasteiger partial charge in [-0.15, -0.1) is 0 Å². The van der Waals surface area contributed by atoms with E-state index in [1.165, 1.54) is 0 Å². The summed E-state index contributed by atoms with van der Waals surface area (Å²) in [7, 11) is 0. The molecule has 5 nitrogen and oxygen atoms in total. The Morgan fingerprint density at radius 1 is 1.22 bits per heavy atom. The maximum absolute atomic E-state index is 12.1. The summed E-state index contributed by atoms with van der Waals surface area (Å²) in [5.74, 6) is -1.17. The third kappa shape index (κ3) is 4.68. The van der Waals surface area contributed by atoms with Crippen molar-refractivity contribution in [3.8, 4) is 0 Å². The summed E-state index contributed by atoms with van der Waals surface area (Å²) in [6, 6.07) is 8.37. The van der Waals surface area contributed by atoms with Gasteiger partial charge in [0.2, 0.25) is 0 Å². The number of hydrogen-bond acceptors (Lipinski definition) is 4. The smallest absolute Gasteiger partial charge is 0.342 e. The number of aromatic nitrogens is 1. The van der Waals surface area contributed by atoms with Gasteiger partial charge in [0, 0.05) is 16.4 Å². The van der Waals surface area contributed by atoms with Gasteiger partial charge in [-0.25, -0.2) is 9.78 Å². The van der Waals surface area contributed by atoms with Gasteiger partial charge in [-0.05, 0) is 43.7 Å². The van der Waals surface area contributed by atoms with E-state index in [-0.39, 0.29) is 10.7 Å². The Morgan fingerprint density at radius 2 is 1.96 bits per heavy atom. The molecule has 2 aromatic rings. The molecule has 1 aromatic carbocycles. The van der Waals surface area contributed by atoms with Crippen molar-refractivity contribution < 1.29 is 14.3 Å². The van der Waals surface area contributed by atoms with Crippen LogP contribution >= 0.6 is 23.2 Å². The topological polar surface area (TPSA) is 68.3 Å². The number of nitrogens with zero attached hydrogens (tertiary/aromatic N) is 1. The highest BCUT2D eigenvalue weighted by atomic mass is 35.5. The SMILES string of the molecule is Cc1cc(C)c(C(=O)OCC(=O)Nc2cccc(Cl)c2)c(Cl)n1. The molecule has 0 saturated carbocycles. The molecular weight excluding hydrogens is 339 g/mol. The van der Waals surface area contributed by atoms with Gasteiger partial charge >= 0.3 is 5.97 Å². The molecule has 0 radical (unpaired) electrons. The van der Waals surface area contributed by atoms with E-state index in [9.17, 15) is 9.59 Å². The van der Waals surface area contributed by atoms with Crippen molar-refractivity contribution >= 4 is 40.8 Å². The lowest BCUT2D eigenvalue weighted by molar-refractivity contribution is -0.119. The molecule has 7 heteroatoms. The molecule has 0 bridgehead atoms. The van der Waals surface area contributed by atoms with Crippen LogP contribution in [0.3, 0.4) is 0 Å². The highest BCUT2D eigenvalue weighted by Crippen LogP contribution is 2.20. The van der Waals surface area contributed by atoms with Crippen LogP contribution in [0, 0.1) is 13.8 Å². The molecule has 1 N–H and O–H groups in total. The van der Waals surface area contributed by atoms with Crippen molar-refractivity contribution in [3.05, 3.63) is 57.3 Å². The molecule has 0 fully saturated rings. The van der Waals surface area contributed by atoms with E-state index in [2.05, 4.69) is 10.3 Å². The van der Waals surface area contributed by atoms with Crippen LogP contribution in [-0.2, 0) is 9.53 Å². The highest BCUT2D eigenvalue weighted by molar-refractivity contribution is 6.32. The molecule has 1 aromatic heterocycles. The Hall–Kier alpha value is -2.11. The quantitative estimate of drug-likeness (QED) is 0.671. The lowest BCUT2D eigenvalue weighted by atomic mass is 10.1. The van der Waals surface area contributed by atoms with E-state index < -0.39 is 18.5 Å². The van der Waals surface area contributed by atoms with Crippen molar-refractivity contribution in [1.82, 2.24) is 4.98 Å². The van der Waals surface area contributed by atoms with Gasteiger partial charge in [0.25, 0.3) is 5.91 Å². The van der Waals surface area contributed by atoms with Gasteiger partial charge in [-0.1, -0.05) is 29.3 Å². The molecule has 1 amide bonds. The van der Waals surface area contributed by atoms with E-state index in [0.29, 0.717) is 22.0 Å². The third-order valence-electron chi connectivity index (χ3n) is 2.95. The van der Waals surface area contributed by atoms with Crippen molar-refractivity contribution in [2.24, 2.45) is 0 Å². The van der Waals surface area contributed by atoms with Crippen LogP contribution in [0.4, 0.5) is 5.69 Å². The van der Waals surface area contributed by atoms with E-state index in [1.54, 1.807) is 44.2 Å². The predicted molar refractivity (Wildman–Crippen MR) is 89.1 cm³/mol. The summed E-state index contributed by atoms with van der Waals surface area (Å²) in [6.45, 7) is 3.06. The molecule has 0 spiro atoms. The second-order valence-electron chi connectivity index (χ2n) is 4.88. The number of hydrogen-bond donors (Lipinski definition) is 1. The minimum Gasteiger partial charge on any atom is -0.452 e. The fourth-order valence-electron chi connectivity index (χ4n) is 2.00. The molecule has 0 aliphatic carbocycles. The molecular formula is C16H14Cl2N2O3. The fraction of sp³-hybridized carbons (Fsp3) is 0.188. The minimum absolute atomic E-state index is 0.0581. The lowest BCUT2D eigenvalue weighted by Crippen LogP contribution is -2.21. The van der Waals surface area contributed by atoms with Crippen LogP contribution < -0.4 is 5.32 Å². The van der Waals surface area contributed by atoms with Crippen LogP contribution in [0.5, 0.6) is 0 Å². The molecule has 0 unspecified atom stereocenters. The number of esters is 1. The van der Waals surface area contributed by atoms with E-state index >= 15 is 0 Å². The normalized spacial score (nSPS) is 10.3. The summed E-state index contributed by atoms with van der Waals surface area (Å²) in [4.78, 5) is 27.9. The maximum Gasteiger partial charge on any atom is 0.342 e. The second-order valence-corrected chi connectivity index (χ2v) is 5.68. The first-order valence-electron chi connectivity index (χ1n) is 6.73. The number of rotatable bonds is 4. The average molecular weight is 353 g/mol. The van der Waals surface area contributed by atoms with Crippen molar-refractivity contribution in [2.45, 2.75) is 13.8 Å². The molecule has 0 atom stereocenters. The number of ether oxygens (including phenoxy) is 1. The largest absolute Gasteiger partial charge is 0.452 e.